The van der Waals surface area contributed by atoms with Crippen molar-refractivity contribution in [3.8, 4) is 0 Å². The summed E-state index contributed by atoms with van der Waals surface area (Å²) in [5, 5.41) is 3.75. The number of halogens is 1. The Morgan fingerprint density at radius 3 is 3.10 bits per heavy atom. The van der Waals surface area contributed by atoms with E-state index >= 15 is 0 Å². The Hall–Kier alpha value is -1.06. The third kappa shape index (κ3) is 4.22. The van der Waals surface area contributed by atoms with Crippen molar-refractivity contribution in [3.05, 3.63) is 34.9 Å². The number of benzene rings is 1. The summed E-state index contributed by atoms with van der Waals surface area (Å²) >= 11 is 5.95. The van der Waals surface area contributed by atoms with Crippen LogP contribution in [0.2, 0.25) is 5.02 Å². The molecule has 1 aromatic carbocycles. The minimum atomic E-state index is 0.0562. The highest BCUT2D eigenvalue weighted by atomic mass is 35.5. The van der Waals surface area contributed by atoms with Crippen LogP contribution in [0.4, 0.5) is 0 Å². The maximum Gasteiger partial charge on any atom is 0.237 e. The predicted octanol–water partition coefficient (Wildman–Crippen LogP) is 3.22. The van der Waals surface area contributed by atoms with Crippen molar-refractivity contribution in [2.24, 2.45) is 0 Å². The van der Waals surface area contributed by atoms with Gasteiger partial charge in [-0.1, -0.05) is 37.1 Å². The first kappa shape index (κ1) is 15.3. The molecule has 20 heavy (non-hydrogen) atoms. The lowest BCUT2D eigenvalue weighted by Gasteiger charge is -2.23. The van der Waals surface area contributed by atoms with Crippen LogP contribution in [0.1, 0.15) is 38.2 Å². The molecule has 0 spiro atoms. The molecular formula is C16H23ClN2O. The summed E-state index contributed by atoms with van der Waals surface area (Å²) in [5.74, 6) is 0.151. The lowest BCUT2D eigenvalue weighted by molar-refractivity contribution is -0.125. The zero-order valence-corrected chi connectivity index (χ0v) is 12.8. The van der Waals surface area contributed by atoms with E-state index in [4.69, 9.17) is 11.6 Å². The molecule has 0 aromatic heterocycles. The second-order valence-corrected chi connectivity index (χ2v) is 5.83. The van der Waals surface area contributed by atoms with Crippen LogP contribution in [0.15, 0.2) is 24.3 Å². The molecule has 0 radical (unpaired) electrons. The quantitative estimate of drug-likeness (QED) is 0.874. The molecule has 4 heteroatoms. The number of carbonyl (C=O) groups is 1. The van der Waals surface area contributed by atoms with E-state index < -0.39 is 0 Å². The molecule has 0 unspecified atom stereocenters. The zero-order valence-electron chi connectivity index (χ0n) is 12.1. The Morgan fingerprint density at radius 2 is 2.35 bits per heavy atom. The van der Waals surface area contributed by atoms with E-state index in [0.717, 1.165) is 37.9 Å². The van der Waals surface area contributed by atoms with Gasteiger partial charge in [0.05, 0.1) is 6.04 Å². The number of hydrogen-bond donors (Lipinski definition) is 1. The van der Waals surface area contributed by atoms with Crippen LogP contribution in [0.25, 0.3) is 0 Å². The molecule has 3 nitrogen and oxygen atoms in total. The molecule has 2 rings (SSSR count). The summed E-state index contributed by atoms with van der Waals surface area (Å²) in [7, 11) is 0. The van der Waals surface area contributed by atoms with Gasteiger partial charge >= 0.3 is 0 Å². The largest absolute Gasteiger partial charge is 0.351 e. The first-order valence-electron chi connectivity index (χ1n) is 7.47. The second kappa shape index (κ2) is 7.65. The van der Waals surface area contributed by atoms with Crippen molar-refractivity contribution in [2.45, 2.75) is 45.2 Å². The molecule has 1 amide bonds. The Kier molecular flexibility index (Phi) is 5.86. The van der Waals surface area contributed by atoms with Crippen molar-refractivity contribution >= 4 is 17.5 Å². The van der Waals surface area contributed by atoms with Crippen LogP contribution in [0.3, 0.4) is 0 Å². The predicted molar refractivity (Wildman–Crippen MR) is 82.8 cm³/mol. The van der Waals surface area contributed by atoms with E-state index in [1.54, 1.807) is 0 Å². The minimum Gasteiger partial charge on any atom is -0.351 e. The number of nitrogens with one attached hydrogen (secondary N) is 1. The average Bonchev–Trinajstić information content (AvgIpc) is 2.91. The van der Waals surface area contributed by atoms with Gasteiger partial charge in [-0.15, -0.1) is 0 Å². The van der Waals surface area contributed by atoms with Crippen LogP contribution >= 0.6 is 11.6 Å². The topological polar surface area (TPSA) is 32.3 Å². The van der Waals surface area contributed by atoms with Gasteiger partial charge in [-0.25, -0.2) is 0 Å². The monoisotopic (exact) mass is 294 g/mol. The Labute approximate surface area is 126 Å². The molecule has 0 saturated carbocycles. The fraction of sp³-hybridized carbons (Fsp3) is 0.562. The van der Waals surface area contributed by atoms with Gasteiger partial charge in [0.1, 0.15) is 0 Å². The highest BCUT2D eigenvalue weighted by Crippen LogP contribution is 2.18. The van der Waals surface area contributed by atoms with Gasteiger partial charge in [-0.2, -0.15) is 0 Å². The average molecular weight is 295 g/mol. The van der Waals surface area contributed by atoms with Crippen molar-refractivity contribution in [2.75, 3.05) is 13.1 Å². The van der Waals surface area contributed by atoms with E-state index in [2.05, 4.69) is 17.1 Å². The third-order valence-electron chi connectivity index (χ3n) is 3.82. The highest BCUT2D eigenvalue weighted by molar-refractivity contribution is 6.30. The molecule has 1 fully saturated rings. The van der Waals surface area contributed by atoms with Gasteiger partial charge in [0.25, 0.3) is 0 Å². The number of amides is 1. The fourth-order valence-electron chi connectivity index (χ4n) is 2.71. The normalized spacial score (nSPS) is 19.2. The summed E-state index contributed by atoms with van der Waals surface area (Å²) in [5.41, 5.74) is 1.05. The molecule has 1 atom stereocenters. The van der Waals surface area contributed by atoms with Gasteiger partial charge in [-0.3, -0.25) is 9.69 Å². The van der Waals surface area contributed by atoms with Crippen LogP contribution in [0, 0.1) is 0 Å². The summed E-state index contributed by atoms with van der Waals surface area (Å²) in [6, 6.07) is 7.69. The highest BCUT2D eigenvalue weighted by Gasteiger charge is 2.29. The first-order chi connectivity index (χ1) is 9.70. The lowest BCUT2D eigenvalue weighted by Crippen LogP contribution is -2.43. The SMILES string of the molecule is CCCCN1CCC[C@H]1C(=O)NCc1cccc(Cl)c1. The summed E-state index contributed by atoms with van der Waals surface area (Å²) in [4.78, 5) is 14.6. The summed E-state index contributed by atoms with van der Waals surface area (Å²) in [6.45, 7) is 4.82. The van der Waals surface area contributed by atoms with E-state index in [9.17, 15) is 4.79 Å². The molecule has 0 aliphatic carbocycles. The van der Waals surface area contributed by atoms with E-state index in [1.807, 2.05) is 24.3 Å². The van der Waals surface area contributed by atoms with E-state index in [1.165, 1.54) is 6.42 Å². The third-order valence-corrected chi connectivity index (χ3v) is 4.06. The van der Waals surface area contributed by atoms with Gasteiger partial charge in [0, 0.05) is 11.6 Å². The maximum absolute atomic E-state index is 12.3. The van der Waals surface area contributed by atoms with Gasteiger partial charge in [-0.05, 0) is 50.0 Å². The lowest BCUT2D eigenvalue weighted by atomic mass is 10.2. The van der Waals surface area contributed by atoms with Crippen LogP contribution in [-0.4, -0.2) is 29.9 Å². The summed E-state index contributed by atoms with van der Waals surface area (Å²) in [6.07, 6.45) is 4.44. The number of carbonyl (C=O) groups excluding carboxylic acids is 1. The van der Waals surface area contributed by atoms with Crippen molar-refractivity contribution in [1.82, 2.24) is 10.2 Å². The number of unbranched alkanes of at least 4 members (excludes halogenated alkanes) is 1. The molecule has 1 N–H and O–H groups in total. The fourth-order valence-corrected chi connectivity index (χ4v) is 2.92. The number of rotatable bonds is 6. The standard InChI is InChI=1S/C16H23ClN2O/c1-2-3-9-19-10-5-8-15(19)16(20)18-12-13-6-4-7-14(17)11-13/h4,6-7,11,15H,2-3,5,8-10,12H2,1H3,(H,18,20)/t15-/m0/s1. The molecule has 1 aromatic rings. The van der Waals surface area contributed by atoms with Gasteiger partial charge in [0.2, 0.25) is 5.91 Å². The smallest absolute Gasteiger partial charge is 0.237 e. The minimum absolute atomic E-state index is 0.0562. The van der Waals surface area contributed by atoms with Crippen LogP contribution in [-0.2, 0) is 11.3 Å². The second-order valence-electron chi connectivity index (χ2n) is 5.40. The molecule has 1 saturated heterocycles. The van der Waals surface area contributed by atoms with Crippen molar-refractivity contribution in [3.63, 3.8) is 0 Å². The summed E-state index contributed by atoms with van der Waals surface area (Å²) < 4.78 is 0. The molecular weight excluding hydrogens is 272 g/mol. The molecule has 1 aliphatic heterocycles. The van der Waals surface area contributed by atoms with Crippen molar-refractivity contribution in [1.29, 1.82) is 0 Å². The van der Waals surface area contributed by atoms with E-state index in [0.29, 0.717) is 11.6 Å². The number of likely N-dealkylation sites (tertiary alicyclic amines) is 1. The van der Waals surface area contributed by atoms with Gasteiger partial charge < -0.3 is 5.32 Å². The van der Waals surface area contributed by atoms with Gasteiger partial charge in [0.15, 0.2) is 0 Å². The molecule has 1 aliphatic rings. The number of nitrogens with zero attached hydrogens (tertiary/aromatic N) is 1. The van der Waals surface area contributed by atoms with Crippen LogP contribution < -0.4 is 5.32 Å². The molecule has 110 valence electrons. The first-order valence-corrected chi connectivity index (χ1v) is 7.84. The Morgan fingerprint density at radius 1 is 1.50 bits per heavy atom. The zero-order chi connectivity index (χ0) is 14.4. The Balaban J connectivity index is 1.84. The molecule has 1 heterocycles. The van der Waals surface area contributed by atoms with Crippen LogP contribution in [0.5, 0.6) is 0 Å². The van der Waals surface area contributed by atoms with Crippen molar-refractivity contribution < 1.29 is 4.79 Å². The van der Waals surface area contributed by atoms with E-state index in [-0.39, 0.29) is 11.9 Å². The molecule has 0 bridgehead atoms. The maximum atomic E-state index is 12.3. The Bertz CT molecular complexity index is 450. The number of hydrogen-bond acceptors (Lipinski definition) is 2.